The average molecular weight is 295 g/mol. The van der Waals surface area contributed by atoms with Crippen molar-refractivity contribution in [3.63, 3.8) is 0 Å². The number of hydrogen-bond donors (Lipinski definition) is 0. The number of unbranched alkanes of at least 4 members (excludes halogenated alkanes) is 1. The maximum Gasteiger partial charge on any atom is 0.257 e. The van der Waals surface area contributed by atoms with Gasteiger partial charge in [0.1, 0.15) is 0 Å². The van der Waals surface area contributed by atoms with E-state index < -0.39 is 0 Å². The molecule has 0 bridgehead atoms. The summed E-state index contributed by atoms with van der Waals surface area (Å²) >= 11 is 0. The second-order valence-corrected chi connectivity index (χ2v) is 5.74. The Balaban J connectivity index is 1.75. The zero-order chi connectivity index (χ0) is 15.4. The van der Waals surface area contributed by atoms with E-state index in [1.54, 1.807) is 12.4 Å². The third-order valence-corrected chi connectivity index (χ3v) is 3.93. The molecule has 3 rings (SSSR count). The highest BCUT2D eigenvalue weighted by Gasteiger charge is 2.32. The molecule has 2 aromatic rings. The van der Waals surface area contributed by atoms with Gasteiger partial charge in [0.15, 0.2) is 5.82 Å². The summed E-state index contributed by atoms with van der Waals surface area (Å²) in [6.45, 7) is 2.98. The Hall–Kier alpha value is -2.23. The molecule has 1 aliphatic rings. The molecule has 22 heavy (non-hydrogen) atoms. The van der Waals surface area contributed by atoms with Gasteiger partial charge in [0.2, 0.25) is 0 Å². The molecule has 1 aromatic carbocycles. The van der Waals surface area contributed by atoms with E-state index in [0.29, 0.717) is 17.4 Å². The lowest BCUT2D eigenvalue weighted by Crippen LogP contribution is -2.34. The standard InChI is InChI=1S/C18H21N3O/c1-2-3-11-21(16-9-10-16)18(22)15-12-19-17(20-13-15)14-7-5-4-6-8-14/h4-8,12-13,16H,2-3,9-11H2,1H3. The van der Waals surface area contributed by atoms with E-state index in [9.17, 15) is 4.79 Å². The maximum absolute atomic E-state index is 12.6. The first-order valence-electron chi connectivity index (χ1n) is 7.98. The van der Waals surface area contributed by atoms with Crippen molar-refractivity contribution in [2.24, 2.45) is 0 Å². The van der Waals surface area contributed by atoms with Gasteiger partial charge in [0.05, 0.1) is 5.56 Å². The average Bonchev–Trinajstić information content (AvgIpc) is 3.41. The quantitative estimate of drug-likeness (QED) is 0.818. The zero-order valence-corrected chi connectivity index (χ0v) is 12.9. The number of amides is 1. The van der Waals surface area contributed by atoms with Crippen molar-refractivity contribution in [1.29, 1.82) is 0 Å². The van der Waals surface area contributed by atoms with Crippen LogP contribution in [-0.4, -0.2) is 33.4 Å². The number of nitrogens with zero attached hydrogens (tertiary/aromatic N) is 3. The summed E-state index contributed by atoms with van der Waals surface area (Å²) in [6.07, 6.45) is 7.69. The summed E-state index contributed by atoms with van der Waals surface area (Å²) in [6, 6.07) is 10.2. The normalized spacial score (nSPS) is 13.9. The third-order valence-electron chi connectivity index (χ3n) is 3.93. The summed E-state index contributed by atoms with van der Waals surface area (Å²) < 4.78 is 0. The first-order valence-corrected chi connectivity index (χ1v) is 7.98. The monoisotopic (exact) mass is 295 g/mol. The van der Waals surface area contributed by atoms with E-state index in [4.69, 9.17) is 0 Å². The molecule has 0 aliphatic heterocycles. The van der Waals surface area contributed by atoms with Crippen molar-refractivity contribution < 1.29 is 4.79 Å². The molecule has 1 aliphatic carbocycles. The van der Waals surface area contributed by atoms with E-state index in [-0.39, 0.29) is 5.91 Å². The van der Waals surface area contributed by atoms with E-state index in [1.165, 1.54) is 0 Å². The summed E-state index contributed by atoms with van der Waals surface area (Å²) in [4.78, 5) is 23.3. The Morgan fingerprint density at radius 1 is 1.18 bits per heavy atom. The lowest BCUT2D eigenvalue weighted by Gasteiger charge is -2.22. The molecule has 1 aromatic heterocycles. The highest BCUT2D eigenvalue weighted by molar-refractivity contribution is 5.94. The fourth-order valence-electron chi connectivity index (χ4n) is 2.51. The van der Waals surface area contributed by atoms with Crippen LogP contribution in [0.3, 0.4) is 0 Å². The number of hydrogen-bond acceptors (Lipinski definition) is 3. The fraction of sp³-hybridized carbons (Fsp3) is 0.389. The van der Waals surface area contributed by atoms with Gasteiger partial charge in [-0.05, 0) is 19.3 Å². The van der Waals surface area contributed by atoms with E-state index in [0.717, 1.165) is 37.8 Å². The largest absolute Gasteiger partial charge is 0.336 e. The first kappa shape index (κ1) is 14.7. The van der Waals surface area contributed by atoms with Gasteiger partial charge in [-0.2, -0.15) is 0 Å². The number of carbonyl (C=O) groups excluding carboxylic acids is 1. The Kier molecular flexibility index (Phi) is 4.47. The molecule has 4 nitrogen and oxygen atoms in total. The van der Waals surface area contributed by atoms with Crippen molar-refractivity contribution in [1.82, 2.24) is 14.9 Å². The Labute approximate surface area is 131 Å². The highest BCUT2D eigenvalue weighted by atomic mass is 16.2. The number of aromatic nitrogens is 2. The molecule has 0 atom stereocenters. The number of carbonyl (C=O) groups is 1. The minimum absolute atomic E-state index is 0.0653. The van der Waals surface area contributed by atoms with E-state index >= 15 is 0 Å². The van der Waals surface area contributed by atoms with Crippen molar-refractivity contribution in [3.8, 4) is 11.4 Å². The van der Waals surface area contributed by atoms with Crippen molar-refractivity contribution in [2.45, 2.75) is 38.6 Å². The fourth-order valence-corrected chi connectivity index (χ4v) is 2.51. The van der Waals surface area contributed by atoms with Crippen molar-refractivity contribution in [3.05, 3.63) is 48.3 Å². The third kappa shape index (κ3) is 3.32. The minimum atomic E-state index is 0.0653. The van der Waals surface area contributed by atoms with Gasteiger partial charge in [-0.3, -0.25) is 4.79 Å². The maximum atomic E-state index is 12.6. The first-order chi connectivity index (χ1) is 10.8. The lowest BCUT2D eigenvalue weighted by atomic mass is 10.2. The van der Waals surface area contributed by atoms with Gasteiger partial charge in [-0.1, -0.05) is 43.7 Å². The summed E-state index contributed by atoms with van der Waals surface area (Å²) in [5, 5.41) is 0. The Bertz CT molecular complexity index is 621. The minimum Gasteiger partial charge on any atom is -0.336 e. The highest BCUT2D eigenvalue weighted by Crippen LogP contribution is 2.28. The summed E-state index contributed by atoms with van der Waals surface area (Å²) in [7, 11) is 0. The molecule has 0 spiro atoms. The Morgan fingerprint density at radius 2 is 1.86 bits per heavy atom. The van der Waals surface area contributed by atoms with Crippen LogP contribution in [-0.2, 0) is 0 Å². The Morgan fingerprint density at radius 3 is 2.45 bits per heavy atom. The second kappa shape index (κ2) is 6.69. The lowest BCUT2D eigenvalue weighted by molar-refractivity contribution is 0.0740. The summed E-state index contributed by atoms with van der Waals surface area (Å²) in [5.41, 5.74) is 1.55. The van der Waals surface area contributed by atoms with Crippen LogP contribution in [0, 0.1) is 0 Å². The predicted octanol–water partition coefficient (Wildman–Crippen LogP) is 3.55. The second-order valence-electron chi connectivity index (χ2n) is 5.74. The smallest absolute Gasteiger partial charge is 0.257 e. The van der Waals surface area contributed by atoms with Gasteiger partial charge in [-0.25, -0.2) is 9.97 Å². The van der Waals surface area contributed by atoms with Gasteiger partial charge >= 0.3 is 0 Å². The molecule has 4 heteroatoms. The molecule has 1 fully saturated rings. The molecular weight excluding hydrogens is 274 g/mol. The van der Waals surface area contributed by atoms with Crippen LogP contribution >= 0.6 is 0 Å². The molecule has 1 saturated carbocycles. The van der Waals surface area contributed by atoms with Crippen LogP contribution in [0.1, 0.15) is 43.0 Å². The van der Waals surface area contributed by atoms with Crippen LogP contribution in [0.25, 0.3) is 11.4 Å². The van der Waals surface area contributed by atoms with Crippen molar-refractivity contribution >= 4 is 5.91 Å². The zero-order valence-electron chi connectivity index (χ0n) is 12.9. The van der Waals surface area contributed by atoms with Gasteiger partial charge < -0.3 is 4.90 Å². The van der Waals surface area contributed by atoms with Crippen LogP contribution in [0.2, 0.25) is 0 Å². The van der Waals surface area contributed by atoms with Crippen LogP contribution in [0.4, 0.5) is 0 Å². The number of benzene rings is 1. The molecule has 0 N–H and O–H groups in total. The van der Waals surface area contributed by atoms with Crippen LogP contribution in [0.5, 0.6) is 0 Å². The molecule has 0 saturated heterocycles. The van der Waals surface area contributed by atoms with Gasteiger partial charge in [-0.15, -0.1) is 0 Å². The molecular formula is C18H21N3O. The van der Waals surface area contributed by atoms with Crippen LogP contribution in [0.15, 0.2) is 42.7 Å². The van der Waals surface area contributed by atoms with E-state index in [1.807, 2.05) is 35.2 Å². The van der Waals surface area contributed by atoms with Gasteiger partial charge in [0.25, 0.3) is 5.91 Å². The van der Waals surface area contributed by atoms with Crippen LogP contribution < -0.4 is 0 Å². The van der Waals surface area contributed by atoms with Crippen molar-refractivity contribution in [2.75, 3.05) is 6.54 Å². The summed E-state index contributed by atoms with van der Waals surface area (Å²) in [5.74, 6) is 0.722. The van der Waals surface area contributed by atoms with Gasteiger partial charge in [0, 0.05) is 30.5 Å². The SMILES string of the molecule is CCCCN(C(=O)c1cnc(-c2ccccc2)nc1)C1CC1. The number of rotatable bonds is 6. The molecule has 1 heterocycles. The topological polar surface area (TPSA) is 46.1 Å². The molecule has 114 valence electrons. The molecule has 0 unspecified atom stereocenters. The van der Waals surface area contributed by atoms with E-state index in [2.05, 4.69) is 16.9 Å². The molecule has 1 amide bonds. The predicted molar refractivity (Wildman–Crippen MR) is 86.4 cm³/mol. The molecule has 0 radical (unpaired) electrons.